The number of nitrogens with one attached hydrogen (secondary N) is 1. The summed E-state index contributed by atoms with van der Waals surface area (Å²) in [6.45, 7) is 4.01. The molecule has 3 heterocycles. The first kappa shape index (κ1) is 21.2. The molecule has 0 unspecified atom stereocenters. The van der Waals surface area contributed by atoms with E-state index < -0.39 is 17.8 Å². The zero-order valence-electron chi connectivity index (χ0n) is 17.1. The lowest BCUT2D eigenvalue weighted by Gasteiger charge is -2.36. The zero-order chi connectivity index (χ0) is 21.8. The highest BCUT2D eigenvalue weighted by Gasteiger charge is 2.31. The van der Waals surface area contributed by atoms with Gasteiger partial charge in [-0.2, -0.15) is 18.2 Å². The van der Waals surface area contributed by atoms with Crippen molar-refractivity contribution in [1.82, 2.24) is 14.9 Å². The van der Waals surface area contributed by atoms with Gasteiger partial charge in [0.2, 0.25) is 5.95 Å². The van der Waals surface area contributed by atoms with Crippen LogP contribution in [0.3, 0.4) is 0 Å². The first-order valence-electron chi connectivity index (χ1n) is 10.5. The lowest BCUT2D eigenvalue weighted by atomic mass is 10.1. The van der Waals surface area contributed by atoms with E-state index in [0.717, 1.165) is 49.8 Å². The topological polar surface area (TPSA) is 64.6 Å². The Labute approximate surface area is 178 Å². The molecule has 4 rings (SSSR count). The number of piperazine rings is 1. The van der Waals surface area contributed by atoms with Gasteiger partial charge in [-0.15, -0.1) is 0 Å². The zero-order valence-corrected chi connectivity index (χ0v) is 17.1. The summed E-state index contributed by atoms with van der Waals surface area (Å²) >= 11 is 0. The van der Waals surface area contributed by atoms with E-state index in [1.54, 1.807) is 11.1 Å². The lowest BCUT2D eigenvalue weighted by molar-refractivity contribution is -0.137. The molecule has 0 saturated carbocycles. The van der Waals surface area contributed by atoms with Crippen molar-refractivity contribution in [2.75, 3.05) is 54.4 Å². The van der Waals surface area contributed by atoms with Crippen molar-refractivity contribution in [3.05, 3.63) is 42.1 Å². The van der Waals surface area contributed by atoms with Crippen molar-refractivity contribution < 1.29 is 18.0 Å². The molecule has 166 valence electrons. The Morgan fingerprint density at radius 1 is 0.935 bits per heavy atom. The number of amides is 2. The molecule has 2 amide bonds. The highest BCUT2D eigenvalue weighted by Crippen LogP contribution is 2.30. The highest BCUT2D eigenvalue weighted by atomic mass is 19.4. The van der Waals surface area contributed by atoms with Gasteiger partial charge in [0.15, 0.2) is 0 Å². The van der Waals surface area contributed by atoms with Gasteiger partial charge < -0.3 is 20.0 Å². The van der Waals surface area contributed by atoms with Gasteiger partial charge in [0, 0.05) is 51.2 Å². The smallest absolute Gasteiger partial charge is 0.353 e. The van der Waals surface area contributed by atoms with Gasteiger partial charge in [-0.05, 0) is 43.5 Å². The quantitative estimate of drug-likeness (QED) is 0.795. The number of alkyl halides is 3. The van der Waals surface area contributed by atoms with Crippen LogP contribution in [0.25, 0.3) is 0 Å². The van der Waals surface area contributed by atoms with Crippen LogP contribution >= 0.6 is 0 Å². The third kappa shape index (κ3) is 5.18. The summed E-state index contributed by atoms with van der Waals surface area (Å²) in [4.78, 5) is 27.5. The number of rotatable bonds is 3. The maximum absolute atomic E-state index is 12.9. The number of urea groups is 1. The number of nitrogens with zero attached hydrogens (tertiary/aromatic N) is 5. The number of carbonyl (C=O) groups excluding carboxylic acids is 1. The van der Waals surface area contributed by atoms with E-state index in [4.69, 9.17) is 4.98 Å². The maximum Gasteiger partial charge on any atom is 0.416 e. The van der Waals surface area contributed by atoms with E-state index in [9.17, 15) is 18.0 Å². The van der Waals surface area contributed by atoms with Crippen LogP contribution in [0.5, 0.6) is 0 Å². The number of piperidine rings is 1. The molecule has 0 atom stereocenters. The van der Waals surface area contributed by atoms with Gasteiger partial charge in [0.05, 0.1) is 5.56 Å². The Balaban J connectivity index is 1.34. The van der Waals surface area contributed by atoms with Crippen molar-refractivity contribution in [3.8, 4) is 0 Å². The second-order valence-corrected chi connectivity index (χ2v) is 7.75. The van der Waals surface area contributed by atoms with Crippen LogP contribution in [0.15, 0.2) is 36.5 Å². The second kappa shape index (κ2) is 8.99. The van der Waals surface area contributed by atoms with Crippen molar-refractivity contribution in [3.63, 3.8) is 0 Å². The molecular formula is C21H25F3N6O. The normalized spacial score (nSPS) is 17.6. The number of benzene rings is 1. The Morgan fingerprint density at radius 3 is 2.39 bits per heavy atom. The number of hydrogen-bond donors (Lipinski definition) is 1. The number of carbonyl (C=O) groups is 1. The van der Waals surface area contributed by atoms with Gasteiger partial charge in [0.1, 0.15) is 5.82 Å². The number of hydrogen-bond acceptors (Lipinski definition) is 5. The van der Waals surface area contributed by atoms with Crippen molar-refractivity contribution in [2.45, 2.75) is 25.4 Å². The molecule has 31 heavy (non-hydrogen) atoms. The molecule has 1 N–H and O–H groups in total. The first-order chi connectivity index (χ1) is 14.9. The molecule has 2 fully saturated rings. The van der Waals surface area contributed by atoms with Crippen LogP contribution in [0.1, 0.15) is 24.8 Å². The summed E-state index contributed by atoms with van der Waals surface area (Å²) in [5.74, 6) is 1.57. The number of aromatic nitrogens is 2. The summed E-state index contributed by atoms with van der Waals surface area (Å²) in [6.07, 6.45) is 0.844. The average molecular weight is 434 g/mol. The van der Waals surface area contributed by atoms with Gasteiger partial charge >= 0.3 is 12.2 Å². The molecule has 1 aromatic carbocycles. The average Bonchev–Trinajstić information content (AvgIpc) is 2.79. The lowest BCUT2D eigenvalue weighted by Crippen LogP contribution is -2.50. The van der Waals surface area contributed by atoms with E-state index in [0.29, 0.717) is 26.2 Å². The van der Waals surface area contributed by atoms with E-state index in [-0.39, 0.29) is 5.69 Å². The highest BCUT2D eigenvalue weighted by molar-refractivity contribution is 5.89. The first-order valence-corrected chi connectivity index (χ1v) is 10.5. The summed E-state index contributed by atoms with van der Waals surface area (Å²) in [7, 11) is 0. The van der Waals surface area contributed by atoms with Crippen LogP contribution in [0.4, 0.5) is 35.4 Å². The van der Waals surface area contributed by atoms with Crippen LogP contribution in [0, 0.1) is 0 Å². The molecule has 10 heteroatoms. The molecule has 0 bridgehead atoms. The minimum absolute atomic E-state index is 0.129. The van der Waals surface area contributed by atoms with Crippen LogP contribution in [-0.4, -0.2) is 60.2 Å². The summed E-state index contributed by atoms with van der Waals surface area (Å²) in [5, 5.41) is 2.57. The molecule has 2 aromatic rings. The third-order valence-corrected chi connectivity index (χ3v) is 5.60. The fourth-order valence-electron chi connectivity index (χ4n) is 3.88. The molecule has 0 radical (unpaired) electrons. The van der Waals surface area contributed by atoms with Gasteiger partial charge in [-0.1, -0.05) is 6.07 Å². The fourth-order valence-corrected chi connectivity index (χ4v) is 3.88. The maximum atomic E-state index is 12.9. The summed E-state index contributed by atoms with van der Waals surface area (Å²) in [5.41, 5.74) is -0.660. The van der Waals surface area contributed by atoms with Crippen LogP contribution in [-0.2, 0) is 6.18 Å². The Morgan fingerprint density at radius 2 is 1.68 bits per heavy atom. The molecule has 0 spiro atoms. The van der Waals surface area contributed by atoms with E-state index in [1.165, 1.54) is 18.6 Å². The largest absolute Gasteiger partial charge is 0.416 e. The Kier molecular flexibility index (Phi) is 6.15. The number of anilines is 3. The predicted molar refractivity (Wildman–Crippen MR) is 112 cm³/mol. The van der Waals surface area contributed by atoms with E-state index in [2.05, 4.69) is 20.1 Å². The standard InChI is InChI=1S/C21H25F3N6O/c22-21(23,24)16-5-4-6-17(15-16)26-20(31)30-13-11-28(12-14-30)18-7-8-25-19(27-18)29-9-2-1-3-10-29/h4-8,15H,1-3,9-14H2,(H,26,31). The summed E-state index contributed by atoms with van der Waals surface area (Å²) < 4.78 is 38.6. The molecule has 2 saturated heterocycles. The SMILES string of the molecule is O=C(Nc1cccc(C(F)(F)F)c1)N1CCN(c2ccnc(N3CCCCC3)n2)CC1. The van der Waals surface area contributed by atoms with Crippen LogP contribution in [0.2, 0.25) is 0 Å². The van der Waals surface area contributed by atoms with Gasteiger partial charge in [-0.3, -0.25) is 0 Å². The Hall–Kier alpha value is -3.04. The molecular weight excluding hydrogens is 409 g/mol. The van der Waals surface area contributed by atoms with Gasteiger partial charge in [0.25, 0.3) is 0 Å². The third-order valence-electron chi connectivity index (χ3n) is 5.60. The molecule has 1 aromatic heterocycles. The van der Waals surface area contributed by atoms with Crippen molar-refractivity contribution >= 4 is 23.5 Å². The predicted octanol–water partition coefficient (Wildman–Crippen LogP) is 3.84. The fraction of sp³-hybridized carbons (Fsp3) is 0.476. The molecule has 7 nitrogen and oxygen atoms in total. The minimum atomic E-state index is -4.45. The van der Waals surface area contributed by atoms with E-state index >= 15 is 0 Å². The molecule has 2 aliphatic heterocycles. The molecule has 0 aliphatic carbocycles. The molecule has 2 aliphatic rings. The van der Waals surface area contributed by atoms with Crippen molar-refractivity contribution in [2.24, 2.45) is 0 Å². The van der Waals surface area contributed by atoms with Gasteiger partial charge in [-0.25, -0.2) is 9.78 Å². The Bertz CT molecular complexity index is 908. The minimum Gasteiger partial charge on any atom is -0.353 e. The number of halogens is 3. The summed E-state index contributed by atoms with van der Waals surface area (Å²) in [6, 6.07) is 6.12. The second-order valence-electron chi connectivity index (χ2n) is 7.75. The van der Waals surface area contributed by atoms with Crippen LogP contribution < -0.4 is 15.1 Å². The van der Waals surface area contributed by atoms with E-state index in [1.807, 2.05) is 6.07 Å². The van der Waals surface area contributed by atoms with Crippen molar-refractivity contribution in [1.29, 1.82) is 0 Å². The monoisotopic (exact) mass is 434 g/mol.